The second kappa shape index (κ2) is 6.39. The van der Waals surface area contributed by atoms with Gasteiger partial charge >= 0.3 is 0 Å². The van der Waals surface area contributed by atoms with E-state index in [1.165, 1.54) is 6.07 Å². The molecule has 0 fully saturated rings. The molecule has 6 nitrogen and oxygen atoms in total. The van der Waals surface area contributed by atoms with Crippen LogP contribution in [0.1, 0.15) is 40.0 Å². The number of unbranched alkanes of at least 4 members (excludes halogenated alkanes) is 1. The molecule has 2 aromatic heterocycles. The molecule has 0 spiro atoms. The number of hydrogen-bond acceptors (Lipinski definition) is 6. The first kappa shape index (κ1) is 16.4. The van der Waals surface area contributed by atoms with E-state index in [1.807, 2.05) is 6.92 Å². The van der Waals surface area contributed by atoms with Crippen LogP contribution in [-0.2, 0) is 0 Å². The van der Waals surface area contributed by atoms with Gasteiger partial charge in [-0.2, -0.15) is 4.98 Å². The summed E-state index contributed by atoms with van der Waals surface area (Å²) in [7, 11) is 0. The molecular formula is C15H22FN5O. The summed E-state index contributed by atoms with van der Waals surface area (Å²) in [5, 5.41) is 13.4. The Morgan fingerprint density at radius 3 is 2.82 bits per heavy atom. The highest BCUT2D eigenvalue weighted by molar-refractivity contribution is 5.86. The third kappa shape index (κ3) is 3.41. The number of fused-ring (bicyclic) bond motifs is 1. The van der Waals surface area contributed by atoms with Crippen molar-refractivity contribution < 1.29 is 9.50 Å². The average Bonchev–Trinajstić information content (AvgIpc) is 2.44. The zero-order valence-electron chi connectivity index (χ0n) is 13.1. The number of nitrogens with two attached hydrogens (primary N) is 1. The van der Waals surface area contributed by atoms with Crippen molar-refractivity contribution in [1.82, 2.24) is 15.0 Å². The van der Waals surface area contributed by atoms with Crippen LogP contribution in [0.4, 0.5) is 16.2 Å². The molecule has 120 valence electrons. The molecule has 0 aromatic carbocycles. The molecule has 2 aromatic rings. The third-order valence-electron chi connectivity index (χ3n) is 3.90. The lowest BCUT2D eigenvalue weighted by atomic mass is 9.89. The van der Waals surface area contributed by atoms with Crippen molar-refractivity contribution in [1.29, 1.82) is 0 Å². The maximum Gasteiger partial charge on any atom is 0.222 e. The van der Waals surface area contributed by atoms with Crippen molar-refractivity contribution in [2.75, 3.05) is 11.1 Å². The van der Waals surface area contributed by atoms with Crippen LogP contribution in [0.15, 0.2) is 12.3 Å². The number of aliphatic hydroxyl groups excluding tert-OH is 1. The molecule has 2 rings (SSSR count). The fourth-order valence-corrected chi connectivity index (χ4v) is 2.29. The molecule has 2 atom stereocenters. The second-order valence-electron chi connectivity index (χ2n) is 5.77. The fourth-order valence-electron chi connectivity index (χ4n) is 2.29. The molecule has 0 radical (unpaired) electrons. The SMILES string of the molecule is CCCC[C@@](C)(Nc1nc(N)nc2cc(F)cnc12)C(C)O. The molecule has 7 heteroatoms. The highest BCUT2D eigenvalue weighted by Gasteiger charge is 2.30. The number of halogens is 1. The molecule has 0 saturated heterocycles. The van der Waals surface area contributed by atoms with E-state index in [9.17, 15) is 9.50 Å². The van der Waals surface area contributed by atoms with Crippen molar-refractivity contribution in [3.8, 4) is 0 Å². The minimum Gasteiger partial charge on any atom is -0.391 e. The smallest absolute Gasteiger partial charge is 0.222 e. The second-order valence-corrected chi connectivity index (χ2v) is 5.77. The van der Waals surface area contributed by atoms with Gasteiger partial charge < -0.3 is 16.2 Å². The quantitative estimate of drug-likeness (QED) is 0.758. The van der Waals surface area contributed by atoms with E-state index in [2.05, 4.69) is 27.2 Å². The fraction of sp³-hybridized carbons (Fsp3) is 0.533. The molecule has 0 amide bonds. The molecule has 1 unspecified atom stereocenters. The van der Waals surface area contributed by atoms with Crippen LogP contribution in [0.3, 0.4) is 0 Å². The van der Waals surface area contributed by atoms with Crippen LogP contribution in [0.25, 0.3) is 11.0 Å². The standard InChI is InChI=1S/C15H22FN5O/c1-4-5-6-15(3,9(2)22)21-13-12-11(19-14(17)20-13)7-10(16)8-18-12/h7-9,22H,4-6H2,1-3H3,(H3,17,19,20,21)/t9?,15-/m1/s1. The van der Waals surface area contributed by atoms with Crippen LogP contribution in [0, 0.1) is 5.82 Å². The molecular weight excluding hydrogens is 285 g/mol. The van der Waals surface area contributed by atoms with Gasteiger partial charge in [0.2, 0.25) is 5.95 Å². The first-order valence-electron chi connectivity index (χ1n) is 7.40. The van der Waals surface area contributed by atoms with Gasteiger partial charge in [0, 0.05) is 6.07 Å². The maximum absolute atomic E-state index is 13.3. The van der Waals surface area contributed by atoms with E-state index >= 15 is 0 Å². The van der Waals surface area contributed by atoms with Crippen molar-refractivity contribution in [2.24, 2.45) is 0 Å². The van der Waals surface area contributed by atoms with Crippen molar-refractivity contribution in [3.63, 3.8) is 0 Å². The number of nitrogen functional groups attached to an aromatic ring is 1. The van der Waals surface area contributed by atoms with Crippen LogP contribution in [0.5, 0.6) is 0 Å². The largest absolute Gasteiger partial charge is 0.391 e. The molecule has 2 heterocycles. The number of aliphatic hydroxyl groups is 1. The number of pyridine rings is 1. The van der Waals surface area contributed by atoms with Gasteiger partial charge in [-0.05, 0) is 20.3 Å². The zero-order valence-corrected chi connectivity index (χ0v) is 13.1. The van der Waals surface area contributed by atoms with Gasteiger partial charge in [0.05, 0.1) is 23.4 Å². The van der Waals surface area contributed by atoms with Crippen LogP contribution >= 0.6 is 0 Å². The van der Waals surface area contributed by atoms with Gasteiger partial charge in [-0.15, -0.1) is 0 Å². The van der Waals surface area contributed by atoms with Crippen molar-refractivity contribution >= 4 is 22.8 Å². The Balaban J connectivity index is 2.44. The molecule has 4 N–H and O–H groups in total. The van der Waals surface area contributed by atoms with Gasteiger partial charge in [-0.25, -0.2) is 14.4 Å². The van der Waals surface area contributed by atoms with E-state index < -0.39 is 17.5 Å². The summed E-state index contributed by atoms with van der Waals surface area (Å²) in [6.45, 7) is 5.73. The van der Waals surface area contributed by atoms with E-state index in [4.69, 9.17) is 5.73 Å². The lowest BCUT2D eigenvalue weighted by Crippen LogP contribution is -2.45. The van der Waals surface area contributed by atoms with Gasteiger partial charge in [-0.1, -0.05) is 19.8 Å². The summed E-state index contributed by atoms with van der Waals surface area (Å²) in [5.41, 5.74) is 5.87. The molecule has 0 saturated carbocycles. The van der Waals surface area contributed by atoms with Gasteiger partial charge in [0.15, 0.2) is 5.82 Å². The summed E-state index contributed by atoms with van der Waals surface area (Å²) in [6, 6.07) is 1.26. The Morgan fingerprint density at radius 1 is 1.45 bits per heavy atom. The highest BCUT2D eigenvalue weighted by Crippen LogP contribution is 2.27. The zero-order chi connectivity index (χ0) is 16.3. The number of aromatic nitrogens is 3. The van der Waals surface area contributed by atoms with Crippen LogP contribution in [0.2, 0.25) is 0 Å². The number of hydrogen-bond donors (Lipinski definition) is 3. The lowest BCUT2D eigenvalue weighted by molar-refractivity contribution is 0.116. The van der Waals surface area contributed by atoms with Gasteiger partial charge in [-0.3, -0.25) is 0 Å². The molecule has 0 aliphatic carbocycles. The topological polar surface area (TPSA) is 97.0 Å². The van der Waals surface area contributed by atoms with E-state index in [1.54, 1.807) is 6.92 Å². The van der Waals surface area contributed by atoms with Crippen LogP contribution < -0.4 is 11.1 Å². The number of rotatable bonds is 6. The Kier molecular flexibility index (Phi) is 4.75. The number of nitrogens with zero attached hydrogens (tertiary/aromatic N) is 3. The van der Waals surface area contributed by atoms with Crippen molar-refractivity contribution in [2.45, 2.75) is 51.7 Å². The molecule has 0 aliphatic rings. The lowest BCUT2D eigenvalue weighted by Gasteiger charge is -2.34. The molecule has 0 bridgehead atoms. The normalized spacial score (nSPS) is 15.5. The van der Waals surface area contributed by atoms with Crippen molar-refractivity contribution in [3.05, 3.63) is 18.1 Å². The third-order valence-corrected chi connectivity index (χ3v) is 3.90. The molecule has 22 heavy (non-hydrogen) atoms. The first-order valence-corrected chi connectivity index (χ1v) is 7.40. The summed E-state index contributed by atoms with van der Waals surface area (Å²) in [5.74, 6) is -0.0475. The Bertz CT molecular complexity index is 658. The van der Waals surface area contributed by atoms with Gasteiger partial charge in [0.25, 0.3) is 0 Å². The van der Waals surface area contributed by atoms with E-state index in [0.717, 1.165) is 25.5 Å². The monoisotopic (exact) mass is 307 g/mol. The molecule has 0 aliphatic heterocycles. The number of nitrogens with one attached hydrogen (secondary N) is 1. The van der Waals surface area contributed by atoms with E-state index in [-0.39, 0.29) is 5.95 Å². The van der Waals surface area contributed by atoms with E-state index in [0.29, 0.717) is 16.9 Å². The van der Waals surface area contributed by atoms with Crippen LogP contribution in [-0.4, -0.2) is 31.7 Å². The Morgan fingerprint density at radius 2 is 2.18 bits per heavy atom. The summed E-state index contributed by atoms with van der Waals surface area (Å²) < 4.78 is 13.3. The minimum atomic E-state index is -0.606. The first-order chi connectivity index (χ1) is 10.4. The number of anilines is 2. The predicted molar refractivity (Wildman–Crippen MR) is 84.9 cm³/mol. The minimum absolute atomic E-state index is 0.0332. The van der Waals surface area contributed by atoms with Gasteiger partial charge in [0.1, 0.15) is 11.3 Å². The highest BCUT2D eigenvalue weighted by atomic mass is 19.1. The predicted octanol–water partition coefficient (Wildman–Crippen LogP) is 2.49. The Labute approximate surface area is 129 Å². The maximum atomic E-state index is 13.3. The summed E-state index contributed by atoms with van der Waals surface area (Å²) in [4.78, 5) is 12.2. The summed E-state index contributed by atoms with van der Waals surface area (Å²) in [6.07, 6.45) is 3.23. The average molecular weight is 307 g/mol. The summed E-state index contributed by atoms with van der Waals surface area (Å²) >= 11 is 0. The Hall–Kier alpha value is -2.02.